The maximum Gasteiger partial charge on any atom is 0.220 e. The van der Waals surface area contributed by atoms with Gasteiger partial charge in [0.1, 0.15) is 0 Å². The zero-order valence-corrected chi connectivity index (χ0v) is 14.6. The summed E-state index contributed by atoms with van der Waals surface area (Å²) in [5, 5.41) is 3.23. The van der Waals surface area contributed by atoms with Crippen LogP contribution in [0, 0.1) is 5.92 Å². The van der Waals surface area contributed by atoms with Crippen molar-refractivity contribution in [2.75, 3.05) is 19.6 Å². The zero-order valence-electron chi connectivity index (χ0n) is 14.6. The number of likely N-dealkylation sites (tertiary alicyclic amines) is 1. The van der Waals surface area contributed by atoms with Crippen LogP contribution in [0.15, 0.2) is 18.6 Å². The molecule has 1 N–H and O–H groups in total. The first-order valence-electron chi connectivity index (χ1n) is 9.56. The molecule has 1 aromatic rings. The van der Waals surface area contributed by atoms with E-state index in [2.05, 4.69) is 20.2 Å². The van der Waals surface area contributed by atoms with Crippen molar-refractivity contribution in [3.8, 4) is 0 Å². The van der Waals surface area contributed by atoms with Gasteiger partial charge < -0.3 is 10.2 Å². The van der Waals surface area contributed by atoms with Gasteiger partial charge in [0.15, 0.2) is 0 Å². The Labute approximate surface area is 145 Å². The molecule has 3 rings (SSSR count). The number of aryl methyl sites for hydroxylation is 1. The third-order valence-electron chi connectivity index (χ3n) is 5.34. The molecule has 0 unspecified atom stereocenters. The molecular formula is C19H30N4O. The highest BCUT2D eigenvalue weighted by Gasteiger charge is 2.24. The number of hydrogen-bond acceptors (Lipinski definition) is 4. The highest BCUT2D eigenvalue weighted by atomic mass is 16.1. The fraction of sp³-hybridized carbons (Fsp3) is 0.737. The summed E-state index contributed by atoms with van der Waals surface area (Å²) in [4.78, 5) is 23.0. The lowest BCUT2D eigenvalue weighted by Crippen LogP contribution is -2.49. The molecular weight excluding hydrogens is 300 g/mol. The van der Waals surface area contributed by atoms with Crippen molar-refractivity contribution >= 4 is 5.91 Å². The molecule has 0 aromatic carbocycles. The number of hydrogen-bond donors (Lipinski definition) is 1. The molecule has 1 atom stereocenters. The maximum atomic E-state index is 12.2. The number of aromatic nitrogens is 2. The molecule has 0 bridgehead atoms. The van der Waals surface area contributed by atoms with Crippen LogP contribution in [0.3, 0.4) is 0 Å². The molecule has 2 fully saturated rings. The Morgan fingerprint density at radius 1 is 1.17 bits per heavy atom. The molecule has 5 heteroatoms. The first kappa shape index (κ1) is 17.3. The number of nitrogens with one attached hydrogen (secondary N) is 1. The Morgan fingerprint density at radius 2 is 2.04 bits per heavy atom. The minimum absolute atomic E-state index is 0.144. The van der Waals surface area contributed by atoms with Crippen LogP contribution in [-0.2, 0) is 11.2 Å². The fourth-order valence-electron chi connectivity index (χ4n) is 4.07. The Kier molecular flexibility index (Phi) is 6.58. The van der Waals surface area contributed by atoms with Gasteiger partial charge in [-0.25, -0.2) is 0 Å². The SMILES string of the molecule is O=C(CCc1cnccn1)N[C@H]1CCCN(CC2CCCCC2)C1. The summed E-state index contributed by atoms with van der Waals surface area (Å²) in [6.45, 7) is 3.45. The van der Waals surface area contributed by atoms with Gasteiger partial charge in [0.2, 0.25) is 5.91 Å². The van der Waals surface area contributed by atoms with Gasteiger partial charge in [-0.15, -0.1) is 0 Å². The molecule has 132 valence electrons. The van der Waals surface area contributed by atoms with Gasteiger partial charge in [-0.3, -0.25) is 14.8 Å². The third kappa shape index (κ3) is 5.55. The maximum absolute atomic E-state index is 12.2. The molecule has 5 nitrogen and oxygen atoms in total. The van der Waals surface area contributed by atoms with E-state index in [0.29, 0.717) is 18.9 Å². The normalized spacial score (nSPS) is 23.1. The van der Waals surface area contributed by atoms with E-state index >= 15 is 0 Å². The summed E-state index contributed by atoms with van der Waals surface area (Å²) in [6.07, 6.45) is 15.6. The lowest BCUT2D eigenvalue weighted by Gasteiger charge is -2.36. The Hall–Kier alpha value is -1.49. The van der Waals surface area contributed by atoms with Crippen LogP contribution >= 0.6 is 0 Å². The van der Waals surface area contributed by atoms with Gasteiger partial charge in [0.05, 0.1) is 5.69 Å². The van der Waals surface area contributed by atoms with Gasteiger partial charge in [0, 0.05) is 44.1 Å². The minimum atomic E-state index is 0.144. The van der Waals surface area contributed by atoms with Crippen molar-refractivity contribution in [3.63, 3.8) is 0 Å². The van der Waals surface area contributed by atoms with Gasteiger partial charge >= 0.3 is 0 Å². The van der Waals surface area contributed by atoms with Crippen molar-refractivity contribution in [1.29, 1.82) is 0 Å². The van der Waals surface area contributed by atoms with Gasteiger partial charge in [0.25, 0.3) is 0 Å². The van der Waals surface area contributed by atoms with Crippen LogP contribution in [0.5, 0.6) is 0 Å². The van der Waals surface area contributed by atoms with E-state index in [1.807, 2.05) is 0 Å². The molecule has 1 aliphatic heterocycles. The molecule has 1 saturated heterocycles. The second-order valence-electron chi connectivity index (χ2n) is 7.37. The zero-order chi connectivity index (χ0) is 16.6. The van der Waals surface area contributed by atoms with Gasteiger partial charge in [-0.05, 0) is 44.6 Å². The standard InChI is InChI=1S/C19H30N4O/c24-19(9-8-17-13-20-10-11-21-17)22-18-7-4-12-23(15-18)14-16-5-2-1-3-6-16/h10-11,13,16,18H,1-9,12,14-15H2,(H,22,24)/t18-/m0/s1. The van der Waals surface area contributed by atoms with E-state index in [-0.39, 0.29) is 5.91 Å². The van der Waals surface area contributed by atoms with E-state index in [0.717, 1.165) is 24.6 Å². The lowest BCUT2D eigenvalue weighted by atomic mass is 9.88. The second kappa shape index (κ2) is 9.11. The Balaban J connectivity index is 1.38. The Bertz CT molecular complexity index is 501. The van der Waals surface area contributed by atoms with Crippen molar-refractivity contribution in [2.24, 2.45) is 5.92 Å². The molecule has 1 saturated carbocycles. The molecule has 2 heterocycles. The first-order valence-corrected chi connectivity index (χ1v) is 9.56. The molecule has 0 spiro atoms. The molecule has 0 radical (unpaired) electrons. The summed E-state index contributed by atoms with van der Waals surface area (Å²) in [6, 6.07) is 0.316. The predicted molar refractivity (Wildman–Crippen MR) is 94.5 cm³/mol. The minimum Gasteiger partial charge on any atom is -0.352 e. The molecule has 2 aliphatic rings. The molecule has 1 amide bonds. The third-order valence-corrected chi connectivity index (χ3v) is 5.34. The van der Waals surface area contributed by atoms with Gasteiger partial charge in [-0.1, -0.05) is 19.3 Å². The second-order valence-corrected chi connectivity index (χ2v) is 7.37. The van der Waals surface area contributed by atoms with E-state index < -0.39 is 0 Å². The Morgan fingerprint density at radius 3 is 2.83 bits per heavy atom. The number of piperidine rings is 1. The quantitative estimate of drug-likeness (QED) is 0.871. The van der Waals surface area contributed by atoms with Crippen LogP contribution in [-0.4, -0.2) is 46.5 Å². The fourth-order valence-corrected chi connectivity index (χ4v) is 4.07. The number of amides is 1. The number of carbonyl (C=O) groups excluding carboxylic acids is 1. The highest BCUT2D eigenvalue weighted by molar-refractivity contribution is 5.76. The first-order chi connectivity index (χ1) is 11.8. The van der Waals surface area contributed by atoms with E-state index in [1.165, 1.54) is 51.6 Å². The average molecular weight is 330 g/mol. The summed E-state index contributed by atoms with van der Waals surface area (Å²) >= 11 is 0. The monoisotopic (exact) mass is 330 g/mol. The summed E-state index contributed by atoms with van der Waals surface area (Å²) in [5.41, 5.74) is 0.884. The summed E-state index contributed by atoms with van der Waals surface area (Å²) < 4.78 is 0. The van der Waals surface area contributed by atoms with E-state index in [1.54, 1.807) is 18.6 Å². The average Bonchev–Trinajstić information content (AvgIpc) is 2.62. The predicted octanol–water partition coefficient (Wildman–Crippen LogP) is 2.57. The van der Waals surface area contributed by atoms with Gasteiger partial charge in [-0.2, -0.15) is 0 Å². The van der Waals surface area contributed by atoms with E-state index in [9.17, 15) is 4.79 Å². The van der Waals surface area contributed by atoms with Crippen molar-refractivity contribution in [3.05, 3.63) is 24.3 Å². The smallest absolute Gasteiger partial charge is 0.220 e. The largest absolute Gasteiger partial charge is 0.352 e. The van der Waals surface area contributed by atoms with E-state index in [4.69, 9.17) is 0 Å². The summed E-state index contributed by atoms with van der Waals surface area (Å²) in [5.74, 6) is 1.02. The molecule has 24 heavy (non-hydrogen) atoms. The van der Waals surface area contributed by atoms with Crippen LogP contribution in [0.1, 0.15) is 57.1 Å². The highest BCUT2D eigenvalue weighted by Crippen LogP contribution is 2.25. The number of nitrogens with zero attached hydrogens (tertiary/aromatic N) is 3. The summed E-state index contributed by atoms with van der Waals surface area (Å²) in [7, 11) is 0. The van der Waals surface area contributed by atoms with Crippen LogP contribution in [0.4, 0.5) is 0 Å². The van der Waals surface area contributed by atoms with Crippen molar-refractivity contribution in [1.82, 2.24) is 20.2 Å². The van der Waals surface area contributed by atoms with Crippen molar-refractivity contribution < 1.29 is 4.79 Å². The number of carbonyl (C=O) groups is 1. The topological polar surface area (TPSA) is 58.1 Å². The van der Waals surface area contributed by atoms with Crippen LogP contribution in [0.2, 0.25) is 0 Å². The van der Waals surface area contributed by atoms with Crippen LogP contribution in [0.25, 0.3) is 0 Å². The van der Waals surface area contributed by atoms with Crippen LogP contribution < -0.4 is 5.32 Å². The van der Waals surface area contributed by atoms with Crippen molar-refractivity contribution in [2.45, 2.75) is 63.8 Å². The molecule has 1 aromatic heterocycles. The molecule has 1 aliphatic carbocycles. The lowest BCUT2D eigenvalue weighted by molar-refractivity contribution is -0.122. The number of rotatable bonds is 6.